The molecule has 6 heteroatoms. The molecule has 0 aliphatic rings. The van der Waals surface area contributed by atoms with Crippen LogP contribution in [-0.4, -0.2) is 75.6 Å². The molecule has 0 saturated carbocycles. The molecule has 1 unspecified atom stereocenters. The number of hydrogen-bond acceptors (Lipinski definition) is 4. The fourth-order valence-electron chi connectivity index (χ4n) is 2.44. The van der Waals surface area contributed by atoms with Gasteiger partial charge in [0.1, 0.15) is 0 Å². The van der Waals surface area contributed by atoms with Gasteiger partial charge in [-0.15, -0.1) is 0 Å². The van der Waals surface area contributed by atoms with E-state index in [-0.39, 0.29) is 0 Å². The molecule has 0 saturated heterocycles. The number of nitrogens with zero attached hydrogens (tertiary/aromatic N) is 2. The second-order valence-electron chi connectivity index (χ2n) is 6.14. The summed E-state index contributed by atoms with van der Waals surface area (Å²) in [6, 6.07) is 10.00. The third-order valence-corrected chi connectivity index (χ3v) is 3.79. The van der Waals surface area contributed by atoms with E-state index in [1.54, 1.807) is 7.11 Å². The Balaban J connectivity index is 2.32. The fraction of sp³-hybridized carbons (Fsp3) is 0.632. The maximum atomic E-state index is 10.2. The van der Waals surface area contributed by atoms with Crippen molar-refractivity contribution in [3.05, 3.63) is 35.9 Å². The zero-order valence-electron chi connectivity index (χ0n) is 15.9. The Morgan fingerprint density at radius 2 is 2.00 bits per heavy atom. The fourth-order valence-corrected chi connectivity index (χ4v) is 2.44. The lowest BCUT2D eigenvalue weighted by Gasteiger charge is -2.18. The molecule has 0 aliphatic heterocycles. The third kappa shape index (κ3) is 10.8. The largest absolute Gasteiger partial charge is 0.391 e. The van der Waals surface area contributed by atoms with Crippen molar-refractivity contribution in [2.75, 3.05) is 53.5 Å². The highest BCUT2D eigenvalue weighted by Gasteiger charge is 2.06. The van der Waals surface area contributed by atoms with Gasteiger partial charge in [0.15, 0.2) is 5.96 Å². The summed E-state index contributed by atoms with van der Waals surface area (Å²) in [6.07, 6.45) is 1.17. The Kier molecular flexibility index (Phi) is 11.7. The van der Waals surface area contributed by atoms with E-state index < -0.39 is 6.10 Å². The number of guanidine groups is 1. The standard InChI is InChI=1S/C19H34N4O2/c1-4-20-19(21-11-13-23(2)12-8-14-25-3)22-16-18(24)15-17-9-6-5-7-10-17/h5-7,9-10,18,24H,4,8,11-16H2,1-3H3,(H2,20,21,22). The number of ether oxygens (including phenoxy) is 1. The van der Waals surface area contributed by atoms with Crippen molar-refractivity contribution in [3.8, 4) is 0 Å². The lowest BCUT2D eigenvalue weighted by Crippen LogP contribution is -2.41. The van der Waals surface area contributed by atoms with Crippen LogP contribution >= 0.6 is 0 Å². The Hall–Kier alpha value is -1.63. The first-order valence-corrected chi connectivity index (χ1v) is 9.07. The van der Waals surface area contributed by atoms with Crippen LogP contribution in [0.1, 0.15) is 18.9 Å². The minimum absolute atomic E-state index is 0.383. The van der Waals surface area contributed by atoms with Crippen molar-refractivity contribution in [2.24, 2.45) is 4.99 Å². The molecule has 1 atom stereocenters. The minimum Gasteiger partial charge on any atom is -0.391 e. The van der Waals surface area contributed by atoms with Crippen molar-refractivity contribution in [3.63, 3.8) is 0 Å². The van der Waals surface area contributed by atoms with Gasteiger partial charge in [0.2, 0.25) is 0 Å². The molecule has 0 fully saturated rings. The zero-order chi connectivity index (χ0) is 18.3. The summed E-state index contributed by atoms with van der Waals surface area (Å²) in [5.74, 6) is 0.750. The van der Waals surface area contributed by atoms with Crippen molar-refractivity contribution < 1.29 is 9.84 Å². The number of aliphatic hydroxyl groups excluding tert-OH is 1. The molecular weight excluding hydrogens is 316 g/mol. The maximum absolute atomic E-state index is 10.2. The molecule has 0 heterocycles. The number of nitrogens with one attached hydrogen (secondary N) is 2. The lowest BCUT2D eigenvalue weighted by molar-refractivity contribution is 0.180. The maximum Gasteiger partial charge on any atom is 0.191 e. The van der Waals surface area contributed by atoms with Crippen LogP contribution in [0.3, 0.4) is 0 Å². The van der Waals surface area contributed by atoms with Gasteiger partial charge >= 0.3 is 0 Å². The molecule has 3 N–H and O–H groups in total. The number of methoxy groups -OCH3 is 1. The minimum atomic E-state index is -0.477. The van der Waals surface area contributed by atoms with Crippen molar-refractivity contribution in [1.82, 2.24) is 15.5 Å². The van der Waals surface area contributed by atoms with Gasteiger partial charge in [0.05, 0.1) is 12.6 Å². The zero-order valence-corrected chi connectivity index (χ0v) is 15.9. The van der Waals surface area contributed by atoms with Crippen molar-refractivity contribution >= 4 is 5.96 Å². The summed E-state index contributed by atoms with van der Waals surface area (Å²) in [4.78, 5) is 6.75. The Bertz CT molecular complexity index is 468. The highest BCUT2D eigenvalue weighted by molar-refractivity contribution is 5.79. The second-order valence-corrected chi connectivity index (χ2v) is 6.14. The number of aliphatic imine (C=N–C) groups is 1. The van der Waals surface area contributed by atoms with Gasteiger partial charge in [-0.2, -0.15) is 0 Å². The van der Waals surface area contributed by atoms with Crippen LogP contribution < -0.4 is 10.6 Å². The molecule has 0 spiro atoms. The van der Waals surface area contributed by atoms with E-state index in [1.165, 1.54) is 0 Å². The average molecular weight is 351 g/mol. The summed E-state index contributed by atoms with van der Waals surface area (Å²) < 4.78 is 5.07. The van der Waals surface area contributed by atoms with Gasteiger partial charge in [-0.05, 0) is 26.0 Å². The molecule has 0 amide bonds. The van der Waals surface area contributed by atoms with Gasteiger partial charge < -0.3 is 25.4 Å². The highest BCUT2D eigenvalue weighted by atomic mass is 16.5. The molecule has 0 aromatic heterocycles. The summed E-state index contributed by atoms with van der Waals surface area (Å²) >= 11 is 0. The molecule has 1 aromatic carbocycles. The van der Waals surface area contributed by atoms with Gasteiger partial charge in [0.25, 0.3) is 0 Å². The van der Waals surface area contributed by atoms with Crippen LogP contribution in [0.15, 0.2) is 35.3 Å². The Morgan fingerprint density at radius 3 is 2.68 bits per heavy atom. The number of rotatable bonds is 12. The third-order valence-electron chi connectivity index (χ3n) is 3.79. The molecule has 0 radical (unpaired) electrons. The van der Waals surface area contributed by atoms with Crippen LogP contribution in [-0.2, 0) is 11.2 Å². The quantitative estimate of drug-likeness (QED) is 0.299. The smallest absolute Gasteiger partial charge is 0.191 e. The Labute approximate surface area is 152 Å². The molecule has 0 bridgehead atoms. The summed E-state index contributed by atoms with van der Waals surface area (Å²) in [5, 5.41) is 16.7. The summed E-state index contributed by atoms with van der Waals surface area (Å²) in [5.41, 5.74) is 1.13. The summed E-state index contributed by atoms with van der Waals surface area (Å²) in [7, 11) is 3.83. The van der Waals surface area contributed by atoms with E-state index >= 15 is 0 Å². The van der Waals surface area contributed by atoms with E-state index in [0.29, 0.717) is 13.0 Å². The van der Waals surface area contributed by atoms with E-state index in [4.69, 9.17) is 4.74 Å². The first-order chi connectivity index (χ1) is 12.2. The first kappa shape index (κ1) is 21.4. The molecule has 1 aromatic rings. The van der Waals surface area contributed by atoms with Gasteiger partial charge in [0, 0.05) is 46.3 Å². The topological polar surface area (TPSA) is 69.1 Å². The first-order valence-electron chi connectivity index (χ1n) is 9.07. The normalized spacial score (nSPS) is 13.1. The number of aliphatic hydroxyl groups is 1. The van der Waals surface area contributed by atoms with E-state index in [2.05, 4.69) is 27.6 Å². The highest BCUT2D eigenvalue weighted by Crippen LogP contribution is 2.03. The van der Waals surface area contributed by atoms with Crippen LogP contribution in [0.25, 0.3) is 0 Å². The lowest BCUT2D eigenvalue weighted by atomic mass is 10.1. The number of likely N-dealkylation sites (N-methyl/N-ethyl adjacent to an activating group) is 1. The van der Waals surface area contributed by atoms with Gasteiger partial charge in [-0.1, -0.05) is 30.3 Å². The van der Waals surface area contributed by atoms with Crippen molar-refractivity contribution in [1.29, 1.82) is 0 Å². The molecule has 1 rings (SSSR count). The predicted octanol–water partition coefficient (Wildman–Crippen LogP) is 1.11. The monoisotopic (exact) mass is 350 g/mol. The number of hydrogen-bond donors (Lipinski definition) is 3. The molecular formula is C19H34N4O2. The van der Waals surface area contributed by atoms with Gasteiger partial charge in [-0.25, -0.2) is 0 Å². The van der Waals surface area contributed by atoms with E-state index in [1.807, 2.05) is 37.3 Å². The van der Waals surface area contributed by atoms with Gasteiger partial charge in [-0.3, -0.25) is 4.99 Å². The summed E-state index contributed by atoms with van der Waals surface area (Å²) in [6.45, 7) is 6.76. The molecule has 25 heavy (non-hydrogen) atoms. The molecule has 142 valence electrons. The van der Waals surface area contributed by atoms with Crippen LogP contribution in [0.4, 0.5) is 0 Å². The van der Waals surface area contributed by atoms with Crippen LogP contribution in [0.2, 0.25) is 0 Å². The second kappa shape index (κ2) is 13.6. The predicted molar refractivity (Wildman–Crippen MR) is 104 cm³/mol. The average Bonchev–Trinajstić information content (AvgIpc) is 2.61. The van der Waals surface area contributed by atoms with E-state index in [9.17, 15) is 5.11 Å². The Morgan fingerprint density at radius 1 is 1.24 bits per heavy atom. The SMILES string of the molecule is CCNC(=NCC(O)Cc1ccccc1)NCCN(C)CCCOC. The van der Waals surface area contributed by atoms with Crippen LogP contribution in [0.5, 0.6) is 0 Å². The molecule has 6 nitrogen and oxygen atoms in total. The van der Waals surface area contributed by atoms with Crippen molar-refractivity contribution in [2.45, 2.75) is 25.9 Å². The van der Waals surface area contributed by atoms with E-state index in [0.717, 1.165) is 50.7 Å². The van der Waals surface area contributed by atoms with Crippen LogP contribution in [0, 0.1) is 0 Å². The number of benzene rings is 1. The molecule has 0 aliphatic carbocycles.